The maximum absolute atomic E-state index is 11.3. The lowest BCUT2D eigenvalue weighted by Crippen LogP contribution is -2.56. The second-order valence-electron chi connectivity index (χ2n) is 7.44. The lowest BCUT2D eigenvalue weighted by molar-refractivity contribution is -0.233. The molecule has 0 N–H and O–H groups in total. The van der Waals surface area contributed by atoms with Crippen molar-refractivity contribution in [3.05, 3.63) is 0 Å². The van der Waals surface area contributed by atoms with Gasteiger partial charge in [0.1, 0.15) is 11.2 Å². The number of hydrogen-bond donors (Lipinski definition) is 0. The van der Waals surface area contributed by atoms with Gasteiger partial charge in [0.15, 0.2) is 0 Å². The van der Waals surface area contributed by atoms with Gasteiger partial charge in [0, 0.05) is 0 Å². The minimum Gasteiger partial charge on any atom is -0.438 e. The summed E-state index contributed by atoms with van der Waals surface area (Å²) < 4.78 is 16.2. The highest BCUT2D eigenvalue weighted by molar-refractivity contribution is 5.60. The third kappa shape index (κ3) is 4.97. The normalized spacial score (nSPS) is 13.5. The first-order valence-corrected chi connectivity index (χ1v) is 6.63. The van der Waals surface area contributed by atoms with Crippen molar-refractivity contribution in [2.45, 2.75) is 86.5 Å². The first-order chi connectivity index (χ1) is 8.16. The van der Waals surface area contributed by atoms with Crippen molar-refractivity contribution in [1.29, 1.82) is 0 Å². The van der Waals surface area contributed by atoms with E-state index in [4.69, 9.17) is 9.47 Å². The summed E-state index contributed by atoms with van der Waals surface area (Å²) in [5, 5.41) is 0. The number of methoxy groups -OCH3 is 1. The van der Waals surface area contributed by atoms with Crippen molar-refractivity contribution in [3.63, 3.8) is 0 Å². The minimum absolute atomic E-state index is 0. The highest BCUT2D eigenvalue weighted by atomic mass is 16.7. The zero-order chi connectivity index (χ0) is 15.7. The SMILES string of the molecule is C.COC(=O)OC(C)(C)C(C)(C)OC(C)(C)C(C)(C)C. The molecule has 0 aromatic heterocycles. The predicted octanol–water partition coefficient (Wildman–Crippen LogP) is 4.80. The van der Waals surface area contributed by atoms with Crippen molar-refractivity contribution in [2.75, 3.05) is 7.11 Å². The molecule has 0 unspecified atom stereocenters. The third-order valence-corrected chi connectivity index (χ3v) is 4.27. The van der Waals surface area contributed by atoms with E-state index < -0.39 is 17.4 Å². The Hall–Kier alpha value is -0.770. The maximum atomic E-state index is 11.3. The fraction of sp³-hybridized carbons (Fsp3) is 0.938. The minimum atomic E-state index is -0.803. The third-order valence-electron chi connectivity index (χ3n) is 4.27. The molecule has 0 radical (unpaired) electrons. The molecule has 0 spiro atoms. The summed E-state index contributed by atoms with van der Waals surface area (Å²) in [5.41, 5.74) is -1.86. The van der Waals surface area contributed by atoms with Crippen LogP contribution in [-0.4, -0.2) is 30.1 Å². The lowest BCUT2D eigenvalue weighted by Gasteiger charge is -2.49. The van der Waals surface area contributed by atoms with Crippen LogP contribution < -0.4 is 0 Å². The van der Waals surface area contributed by atoms with Crippen molar-refractivity contribution in [3.8, 4) is 0 Å². The summed E-state index contributed by atoms with van der Waals surface area (Å²) >= 11 is 0. The van der Waals surface area contributed by atoms with E-state index >= 15 is 0 Å². The van der Waals surface area contributed by atoms with Crippen LogP contribution in [0.1, 0.15) is 69.7 Å². The monoisotopic (exact) mass is 290 g/mol. The molecule has 20 heavy (non-hydrogen) atoms. The molecule has 0 rings (SSSR count). The first-order valence-electron chi connectivity index (χ1n) is 6.63. The largest absolute Gasteiger partial charge is 0.508 e. The Bertz CT molecular complexity index is 322. The van der Waals surface area contributed by atoms with Gasteiger partial charge in [-0.25, -0.2) is 4.79 Å². The Balaban J connectivity index is 0. The van der Waals surface area contributed by atoms with Gasteiger partial charge in [-0.15, -0.1) is 0 Å². The number of hydrogen-bond acceptors (Lipinski definition) is 4. The molecule has 4 nitrogen and oxygen atoms in total. The van der Waals surface area contributed by atoms with Gasteiger partial charge in [-0.2, -0.15) is 0 Å². The van der Waals surface area contributed by atoms with Crippen molar-refractivity contribution in [1.82, 2.24) is 0 Å². The fourth-order valence-electron chi connectivity index (χ4n) is 1.29. The number of rotatable bonds is 4. The Morgan fingerprint density at radius 3 is 1.45 bits per heavy atom. The van der Waals surface area contributed by atoms with Crippen LogP contribution in [0.4, 0.5) is 4.79 Å². The van der Waals surface area contributed by atoms with E-state index in [0.717, 1.165) is 0 Å². The van der Waals surface area contributed by atoms with Crippen LogP contribution in [0.3, 0.4) is 0 Å². The Morgan fingerprint density at radius 1 is 0.750 bits per heavy atom. The van der Waals surface area contributed by atoms with Gasteiger partial charge in [-0.3, -0.25) is 0 Å². The zero-order valence-electron chi connectivity index (χ0n) is 14.1. The van der Waals surface area contributed by atoms with Gasteiger partial charge in [-0.1, -0.05) is 28.2 Å². The molecule has 0 aromatic rings. The number of carbonyl (C=O) groups is 1. The lowest BCUT2D eigenvalue weighted by atomic mass is 9.77. The average Bonchev–Trinajstić information content (AvgIpc) is 2.12. The van der Waals surface area contributed by atoms with E-state index in [9.17, 15) is 4.79 Å². The van der Waals surface area contributed by atoms with Crippen molar-refractivity contribution >= 4 is 6.16 Å². The molecule has 0 aliphatic heterocycles. The molecule has 0 heterocycles. The van der Waals surface area contributed by atoms with Gasteiger partial charge < -0.3 is 14.2 Å². The molecular weight excluding hydrogens is 256 g/mol. The van der Waals surface area contributed by atoms with E-state index in [0.29, 0.717) is 0 Å². The predicted molar refractivity (Wildman–Crippen MR) is 83.0 cm³/mol. The van der Waals surface area contributed by atoms with Crippen LogP contribution in [0, 0.1) is 5.41 Å². The van der Waals surface area contributed by atoms with Crippen LogP contribution >= 0.6 is 0 Å². The second-order valence-corrected chi connectivity index (χ2v) is 7.44. The summed E-state index contributed by atoms with van der Waals surface area (Å²) in [5.74, 6) is 0. The van der Waals surface area contributed by atoms with E-state index in [2.05, 4.69) is 25.5 Å². The highest BCUT2D eigenvalue weighted by Crippen LogP contribution is 2.40. The van der Waals surface area contributed by atoms with Crippen LogP contribution in [0.2, 0.25) is 0 Å². The van der Waals surface area contributed by atoms with Gasteiger partial charge in [-0.05, 0) is 47.0 Å². The zero-order valence-corrected chi connectivity index (χ0v) is 14.1. The summed E-state index contributed by atoms with van der Waals surface area (Å²) in [4.78, 5) is 11.3. The first kappa shape index (κ1) is 21.5. The summed E-state index contributed by atoms with van der Waals surface area (Å²) in [6.07, 6.45) is -0.699. The summed E-state index contributed by atoms with van der Waals surface area (Å²) in [6.45, 7) is 17.9. The number of carbonyl (C=O) groups excluding carboxylic acids is 1. The molecule has 0 fully saturated rings. The molecule has 122 valence electrons. The Labute approximate surface area is 125 Å². The topological polar surface area (TPSA) is 44.8 Å². The molecule has 0 amide bonds. The molecular formula is C16H34O4. The number of ether oxygens (including phenoxy) is 3. The van der Waals surface area contributed by atoms with E-state index in [1.807, 2.05) is 41.5 Å². The van der Waals surface area contributed by atoms with Gasteiger partial charge in [0.25, 0.3) is 0 Å². The van der Waals surface area contributed by atoms with Crippen LogP contribution in [0.5, 0.6) is 0 Å². The molecule has 4 heteroatoms. The highest BCUT2D eigenvalue weighted by Gasteiger charge is 2.48. The smallest absolute Gasteiger partial charge is 0.438 e. The van der Waals surface area contributed by atoms with Crippen LogP contribution in [0.15, 0.2) is 0 Å². The molecule has 0 saturated carbocycles. The Morgan fingerprint density at radius 2 is 1.15 bits per heavy atom. The summed E-state index contributed by atoms with van der Waals surface area (Å²) in [6, 6.07) is 0. The van der Waals surface area contributed by atoms with E-state index in [1.54, 1.807) is 0 Å². The Kier molecular flexibility index (Phi) is 6.82. The van der Waals surface area contributed by atoms with Crippen LogP contribution in [0.25, 0.3) is 0 Å². The van der Waals surface area contributed by atoms with Crippen molar-refractivity contribution in [2.24, 2.45) is 5.41 Å². The average molecular weight is 290 g/mol. The molecule has 0 atom stereocenters. The summed E-state index contributed by atoms with van der Waals surface area (Å²) in [7, 11) is 1.30. The maximum Gasteiger partial charge on any atom is 0.508 e. The van der Waals surface area contributed by atoms with E-state index in [-0.39, 0.29) is 18.4 Å². The molecule has 0 saturated heterocycles. The molecule has 0 aromatic carbocycles. The fourth-order valence-corrected chi connectivity index (χ4v) is 1.29. The van der Waals surface area contributed by atoms with E-state index in [1.165, 1.54) is 7.11 Å². The molecule has 0 aliphatic carbocycles. The quantitative estimate of drug-likeness (QED) is 0.697. The standard InChI is InChI=1S/C15H30O4.CH4/c1-12(2,3)13(4,5)19-15(8,9)14(6,7)18-11(16)17-10;/h1-10H3;1H4. The van der Waals surface area contributed by atoms with Crippen molar-refractivity contribution < 1.29 is 19.0 Å². The molecule has 0 bridgehead atoms. The molecule has 0 aliphatic rings. The van der Waals surface area contributed by atoms with Gasteiger partial charge >= 0.3 is 6.16 Å². The second kappa shape index (κ2) is 6.33. The van der Waals surface area contributed by atoms with Crippen LogP contribution in [-0.2, 0) is 14.2 Å². The van der Waals surface area contributed by atoms with Gasteiger partial charge in [0.05, 0.1) is 12.7 Å². The van der Waals surface area contributed by atoms with Gasteiger partial charge in [0.2, 0.25) is 0 Å².